The van der Waals surface area contributed by atoms with E-state index in [9.17, 15) is 0 Å². The van der Waals surface area contributed by atoms with Crippen LogP contribution in [0.25, 0.3) is 10.9 Å². The monoisotopic (exact) mass is 301 g/mol. The molecule has 0 radical (unpaired) electrons. The summed E-state index contributed by atoms with van der Waals surface area (Å²) < 4.78 is 2.17. The van der Waals surface area contributed by atoms with E-state index in [-0.39, 0.29) is 5.54 Å². The van der Waals surface area contributed by atoms with Gasteiger partial charge in [-0.25, -0.2) is 0 Å². The summed E-state index contributed by atoms with van der Waals surface area (Å²) in [7, 11) is 0. The summed E-state index contributed by atoms with van der Waals surface area (Å²) in [6.07, 6.45) is 4.55. The molecule has 0 saturated carbocycles. The molecular formula is C20H19N3. The molecule has 0 spiro atoms. The van der Waals surface area contributed by atoms with Crippen LogP contribution in [0.5, 0.6) is 0 Å². The quantitative estimate of drug-likeness (QED) is 0.646. The summed E-state index contributed by atoms with van der Waals surface area (Å²) in [4.78, 5) is 4.05. The van der Waals surface area contributed by atoms with Gasteiger partial charge in [-0.05, 0) is 38.0 Å². The number of para-hydroxylation sites is 1. The van der Waals surface area contributed by atoms with Crippen molar-refractivity contribution in [1.82, 2.24) is 14.9 Å². The Kier molecular flexibility index (Phi) is 3.21. The SMILES string of the molecule is CC1(C)NCCc2c1c1ccccc1n2C#Cc1ccncc1. The van der Waals surface area contributed by atoms with E-state index in [0.717, 1.165) is 18.5 Å². The predicted octanol–water partition coefficient (Wildman–Crippen LogP) is 3.27. The van der Waals surface area contributed by atoms with E-state index in [1.54, 1.807) is 12.4 Å². The minimum Gasteiger partial charge on any atom is -0.307 e. The van der Waals surface area contributed by atoms with Gasteiger partial charge in [0.15, 0.2) is 0 Å². The fourth-order valence-electron chi connectivity index (χ4n) is 3.49. The number of benzene rings is 1. The van der Waals surface area contributed by atoms with Gasteiger partial charge in [0, 0.05) is 59.1 Å². The van der Waals surface area contributed by atoms with Crippen LogP contribution in [0.1, 0.15) is 30.7 Å². The van der Waals surface area contributed by atoms with Crippen molar-refractivity contribution in [3.05, 3.63) is 65.6 Å². The van der Waals surface area contributed by atoms with E-state index < -0.39 is 0 Å². The Balaban J connectivity index is 1.96. The molecule has 1 aliphatic rings. The van der Waals surface area contributed by atoms with Crippen LogP contribution in [0.15, 0.2) is 48.8 Å². The van der Waals surface area contributed by atoms with Crippen LogP contribution in [0.4, 0.5) is 0 Å². The number of fused-ring (bicyclic) bond motifs is 3. The van der Waals surface area contributed by atoms with E-state index in [0.29, 0.717) is 0 Å². The fourth-order valence-corrected chi connectivity index (χ4v) is 3.49. The first kappa shape index (κ1) is 14.0. The Morgan fingerprint density at radius 2 is 1.91 bits per heavy atom. The Hall–Kier alpha value is -2.57. The Labute approximate surface area is 136 Å². The van der Waals surface area contributed by atoms with Gasteiger partial charge in [-0.1, -0.05) is 18.2 Å². The van der Waals surface area contributed by atoms with Gasteiger partial charge < -0.3 is 5.32 Å². The second kappa shape index (κ2) is 5.26. The van der Waals surface area contributed by atoms with Crippen LogP contribution >= 0.6 is 0 Å². The highest BCUT2D eigenvalue weighted by atomic mass is 15.0. The van der Waals surface area contributed by atoms with Gasteiger partial charge in [-0.15, -0.1) is 0 Å². The number of pyridine rings is 1. The number of rotatable bonds is 0. The van der Waals surface area contributed by atoms with Gasteiger partial charge in [-0.2, -0.15) is 0 Å². The van der Waals surface area contributed by atoms with Crippen molar-refractivity contribution in [2.24, 2.45) is 0 Å². The Morgan fingerprint density at radius 3 is 2.74 bits per heavy atom. The maximum absolute atomic E-state index is 4.05. The number of aromatic nitrogens is 2. The minimum absolute atomic E-state index is 0.0310. The van der Waals surface area contributed by atoms with Crippen LogP contribution in [-0.4, -0.2) is 16.1 Å². The highest BCUT2D eigenvalue weighted by Crippen LogP contribution is 2.36. The van der Waals surface area contributed by atoms with E-state index in [1.165, 1.54) is 22.2 Å². The second-order valence-corrected chi connectivity index (χ2v) is 6.45. The lowest BCUT2D eigenvalue weighted by atomic mass is 9.87. The summed E-state index contributed by atoms with van der Waals surface area (Å²) in [5.74, 6) is 3.27. The summed E-state index contributed by atoms with van der Waals surface area (Å²) in [5.41, 5.74) is 4.85. The average Bonchev–Trinajstić information content (AvgIpc) is 2.89. The van der Waals surface area contributed by atoms with Gasteiger partial charge in [0.1, 0.15) is 0 Å². The molecule has 0 atom stereocenters. The maximum atomic E-state index is 4.05. The lowest BCUT2D eigenvalue weighted by Crippen LogP contribution is -2.42. The smallest absolute Gasteiger partial charge is 0.0618 e. The lowest BCUT2D eigenvalue weighted by molar-refractivity contribution is 0.382. The second-order valence-electron chi connectivity index (χ2n) is 6.45. The first-order valence-corrected chi connectivity index (χ1v) is 7.97. The van der Waals surface area contributed by atoms with E-state index >= 15 is 0 Å². The predicted molar refractivity (Wildman–Crippen MR) is 93.2 cm³/mol. The molecule has 0 bridgehead atoms. The Bertz CT molecular complexity index is 924. The third-order valence-corrected chi connectivity index (χ3v) is 4.52. The third-order valence-electron chi connectivity index (χ3n) is 4.52. The van der Waals surface area contributed by atoms with Crippen LogP contribution < -0.4 is 5.32 Å². The molecule has 0 saturated heterocycles. The number of nitrogens with zero attached hydrogens (tertiary/aromatic N) is 2. The maximum Gasteiger partial charge on any atom is 0.0618 e. The first-order valence-electron chi connectivity index (χ1n) is 7.97. The molecule has 1 N–H and O–H groups in total. The zero-order chi connectivity index (χ0) is 15.9. The number of hydrogen-bond acceptors (Lipinski definition) is 2. The zero-order valence-corrected chi connectivity index (χ0v) is 13.4. The molecule has 2 aromatic heterocycles. The summed E-state index contributed by atoms with van der Waals surface area (Å²) in [5, 5.41) is 4.92. The molecule has 1 aromatic carbocycles. The van der Waals surface area contributed by atoms with Crippen molar-refractivity contribution in [2.45, 2.75) is 25.8 Å². The molecule has 0 aliphatic carbocycles. The van der Waals surface area contributed by atoms with Gasteiger partial charge in [0.05, 0.1) is 5.52 Å². The van der Waals surface area contributed by atoms with Crippen molar-refractivity contribution >= 4 is 10.9 Å². The number of hydrogen-bond donors (Lipinski definition) is 1. The van der Waals surface area contributed by atoms with Gasteiger partial charge in [0.2, 0.25) is 0 Å². The van der Waals surface area contributed by atoms with Crippen molar-refractivity contribution in [1.29, 1.82) is 0 Å². The molecule has 3 heterocycles. The largest absolute Gasteiger partial charge is 0.307 e. The molecule has 4 rings (SSSR count). The van der Waals surface area contributed by atoms with Crippen molar-refractivity contribution in [2.75, 3.05) is 6.54 Å². The van der Waals surface area contributed by atoms with Crippen LogP contribution in [-0.2, 0) is 12.0 Å². The minimum atomic E-state index is -0.0310. The molecule has 114 valence electrons. The number of nitrogens with one attached hydrogen (secondary N) is 1. The molecule has 0 amide bonds. The summed E-state index contributed by atoms with van der Waals surface area (Å²) >= 11 is 0. The van der Waals surface area contributed by atoms with Crippen molar-refractivity contribution in [3.8, 4) is 12.0 Å². The third kappa shape index (κ3) is 2.32. The highest BCUT2D eigenvalue weighted by molar-refractivity contribution is 5.88. The fraction of sp³-hybridized carbons (Fsp3) is 0.250. The van der Waals surface area contributed by atoms with Crippen molar-refractivity contribution in [3.63, 3.8) is 0 Å². The summed E-state index contributed by atoms with van der Waals surface area (Å²) in [6, 6.07) is 15.8. The normalized spacial score (nSPS) is 15.7. The average molecular weight is 301 g/mol. The molecule has 1 aliphatic heterocycles. The highest BCUT2D eigenvalue weighted by Gasteiger charge is 2.32. The van der Waals surface area contributed by atoms with Gasteiger partial charge >= 0.3 is 0 Å². The van der Waals surface area contributed by atoms with Gasteiger partial charge in [-0.3, -0.25) is 9.55 Å². The zero-order valence-electron chi connectivity index (χ0n) is 13.4. The first-order chi connectivity index (χ1) is 11.2. The Morgan fingerprint density at radius 1 is 1.13 bits per heavy atom. The van der Waals surface area contributed by atoms with Crippen LogP contribution in [0.3, 0.4) is 0 Å². The van der Waals surface area contributed by atoms with Gasteiger partial charge in [0.25, 0.3) is 0 Å². The summed E-state index contributed by atoms with van der Waals surface area (Å²) in [6.45, 7) is 5.48. The van der Waals surface area contributed by atoms with E-state index in [2.05, 4.69) is 64.9 Å². The molecule has 0 unspecified atom stereocenters. The standard InChI is InChI=1S/C20H19N3/c1-20(2)19-16-5-3-4-6-17(16)23(18(19)9-13-22-20)14-10-15-7-11-21-12-8-15/h3-8,11-12,22H,9,13H2,1-2H3. The molecule has 3 nitrogen and oxygen atoms in total. The van der Waals surface area contributed by atoms with Crippen LogP contribution in [0, 0.1) is 12.0 Å². The topological polar surface area (TPSA) is 29.9 Å². The van der Waals surface area contributed by atoms with Crippen molar-refractivity contribution < 1.29 is 0 Å². The molecular weight excluding hydrogens is 282 g/mol. The lowest BCUT2D eigenvalue weighted by Gasteiger charge is -2.32. The molecule has 0 fully saturated rings. The molecule has 3 heteroatoms. The van der Waals surface area contributed by atoms with E-state index in [1.807, 2.05) is 12.1 Å². The van der Waals surface area contributed by atoms with E-state index in [4.69, 9.17) is 0 Å². The van der Waals surface area contributed by atoms with Crippen LogP contribution in [0.2, 0.25) is 0 Å². The molecule has 3 aromatic rings. The molecule has 23 heavy (non-hydrogen) atoms.